The predicted octanol–water partition coefficient (Wildman–Crippen LogP) is -1.05. The van der Waals surface area contributed by atoms with Crippen LogP contribution in [0.4, 0.5) is 0 Å². The van der Waals surface area contributed by atoms with E-state index in [0.717, 1.165) is 13.1 Å². The lowest BCUT2D eigenvalue weighted by molar-refractivity contribution is 0.293. The van der Waals surface area contributed by atoms with E-state index >= 15 is 0 Å². The molecule has 0 fully saturated rings. The third-order valence-corrected chi connectivity index (χ3v) is 0.767. The minimum atomic E-state index is 0.205. The average molecular weight is 117 g/mol. The highest BCUT2D eigenvalue weighted by Crippen LogP contribution is 1.55. The Labute approximate surface area is 50.1 Å². The van der Waals surface area contributed by atoms with Crippen molar-refractivity contribution in [2.24, 2.45) is 0 Å². The number of aliphatic hydroxyl groups is 1. The third kappa shape index (κ3) is 5.88. The molecule has 0 aromatic rings. The number of nitrogens with one attached hydrogen (secondary N) is 2. The molecule has 0 aromatic heterocycles. The van der Waals surface area contributed by atoms with Gasteiger partial charge in [-0.3, -0.25) is 0 Å². The maximum Gasteiger partial charge on any atom is 0.0555 e. The summed E-state index contributed by atoms with van der Waals surface area (Å²) >= 11 is 0. The molecule has 0 saturated heterocycles. The number of hydrogen-bond donors (Lipinski definition) is 3. The number of aliphatic hydroxyl groups excluding tert-OH is 1. The van der Waals surface area contributed by atoms with Crippen LogP contribution in [-0.2, 0) is 0 Å². The molecule has 3 heteroatoms. The highest BCUT2D eigenvalue weighted by molar-refractivity contribution is 4.47. The quantitative estimate of drug-likeness (QED) is 0.403. The summed E-state index contributed by atoms with van der Waals surface area (Å²) < 4.78 is 0. The van der Waals surface area contributed by atoms with Crippen molar-refractivity contribution in [2.45, 2.75) is 0 Å². The van der Waals surface area contributed by atoms with E-state index < -0.39 is 0 Å². The minimum absolute atomic E-state index is 0.205. The molecule has 0 aliphatic carbocycles. The maximum atomic E-state index is 8.27. The molecule has 0 saturated carbocycles. The zero-order valence-corrected chi connectivity index (χ0v) is 4.98. The second kappa shape index (κ2) is 6.88. The van der Waals surface area contributed by atoms with Gasteiger partial charge in [-0.2, -0.15) is 0 Å². The first-order valence-corrected chi connectivity index (χ1v) is 2.73. The van der Waals surface area contributed by atoms with Gasteiger partial charge in [0.1, 0.15) is 0 Å². The summed E-state index contributed by atoms with van der Waals surface area (Å²) in [6.07, 6.45) is 0. The van der Waals surface area contributed by atoms with Gasteiger partial charge in [0.15, 0.2) is 0 Å². The molecular formula is C5H13N2O. The monoisotopic (exact) mass is 117 g/mol. The van der Waals surface area contributed by atoms with Gasteiger partial charge in [0, 0.05) is 26.7 Å². The summed E-state index contributed by atoms with van der Waals surface area (Å²) in [5.74, 6) is 0. The van der Waals surface area contributed by atoms with E-state index in [4.69, 9.17) is 5.11 Å². The van der Waals surface area contributed by atoms with Crippen LogP contribution in [0, 0.1) is 7.05 Å². The van der Waals surface area contributed by atoms with Gasteiger partial charge in [0.25, 0.3) is 0 Å². The van der Waals surface area contributed by atoms with Gasteiger partial charge in [-0.15, -0.1) is 0 Å². The maximum absolute atomic E-state index is 8.27. The molecule has 0 aromatic carbocycles. The highest BCUT2D eigenvalue weighted by atomic mass is 16.3. The fourth-order valence-electron chi connectivity index (χ4n) is 0.381. The first-order valence-electron chi connectivity index (χ1n) is 2.73. The predicted molar refractivity (Wildman–Crippen MR) is 33.3 cm³/mol. The van der Waals surface area contributed by atoms with Crippen molar-refractivity contribution in [3.63, 3.8) is 0 Å². The van der Waals surface area contributed by atoms with Crippen LogP contribution in [0.5, 0.6) is 0 Å². The molecule has 0 aliphatic rings. The van der Waals surface area contributed by atoms with Crippen molar-refractivity contribution in [1.82, 2.24) is 10.6 Å². The molecular weight excluding hydrogens is 104 g/mol. The number of rotatable bonds is 5. The van der Waals surface area contributed by atoms with Crippen LogP contribution in [0.2, 0.25) is 0 Å². The zero-order chi connectivity index (χ0) is 6.24. The lowest BCUT2D eigenvalue weighted by atomic mass is 10.6. The Kier molecular flexibility index (Phi) is 6.78. The van der Waals surface area contributed by atoms with Crippen molar-refractivity contribution in [2.75, 3.05) is 26.2 Å². The van der Waals surface area contributed by atoms with Gasteiger partial charge in [0.05, 0.1) is 6.61 Å². The van der Waals surface area contributed by atoms with Gasteiger partial charge < -0.3 is 15.7 Å². The fourth-order valence-corrected chi connectivity index (χ4v) is 0.381. The van der Waals surface area contributed by atoms with Gasteiger partial charge in [0.2, 0.25) is 0 Å². The highest BCUT2D eigenvalue weighted by Gasteiger charge is 1.80. The molecule has 0 atom stereocenters. The second-order valence-corrected chi connectivity index (χ2v) is 1.47. The van der Waals surface area contributed by atoms with E-state index in [1.807, 2.05) is 0 Å². The first kappa shape index (κ1) is 7.88. The van der Waals surface area contributed by atoms with Crippen LogP contribution in [-0.4, -0.2) is 31.3 Å². The molecule has 1 radical (unpaired) electrons. The summed E-state index contributed by atoms with van der Waals surface area (Å²) in [6, 6.07) is 0. The zero-order valence-electron chi connectivity index (χ0n) is 4.98. The molecule has 0 heterocycles. The SMILES string of the molecule is [CH2]NCCNCCO. The standard InChI is InChI=1S/C5H13N2O/c1-6-2-3-7-4-5-8/h6-8H,1-5H2. The molecule has 3 N–H and O–H groups in total. The molecule has 8 heavy (non-hydrogen) atoms. The molecule has 3 nitrogen and oxygen atoms in total. The summed E-state index contributed by atoms with van der Waals surface area (Å²) in [4.78, 5) is 0. The molecule has 0 bridgehead atoms. The second-order valence-electron chi connectivity index (χ2n) is 1.47. The van der Waals surface area contributed by atoms with E-state index in [0.29, 0.717) is 6.54 Å². The van der Waals surface area contributed by atoms with E-state index in [9.17, 15) is 0 Å². The molecule has 0 unspecified atom stereocenters. The summed E-state index contributed by atoms with van der Waals surface area (Å²) in [6.45, 7) is 2.59. The Morgan fingerprint density at radius 1 is 1.25 bits per heavy atom. The van der Waals surface area contributed by atoms with Crippen LogP contribution in [0.3, 0.4) is 0 Å². The number of hydrogen-bond acceptors (Lipinski definition) is 3. The minimum Gasteiger partial charge on any atom is -0.395 e. The summed E-state index contributed by atoms with van der Waals surface area (Å²) in [5.41, 5.74) is 0. The van der Waals surface area contributed by atoms with Crippen LogP contribution < -0.4 is 10.6 Å². The van der Waals surface area contributed by atoms with Crippen molar-refractivity contribution < 1.29 is 5.11 Å². The smallest absolute Gasteiger partial charge is 0.0555 e. The van der Waals surface area contributed by atoms with Gasteiger partial charge in [-0.05, 0) is 0 Å². The van der Waals surface area contributed by atoms with E-state index in [-0.39, 0.29) is 6.61 Å². The third-order valence-electron chi connectivity index (χ3n) is 0.767. The van der Waals surface area contributed by atoms with Crippen LogP contribution in [0.15, 0.2) is 0 Å². The lowest BCUT2D eigenvalue weighted by Gasteiger charge is -1.98. The van der Waals surface area contributed by atoms with Crippen LogP contribution >= 0.6 is 0 Å². The van der Waals surface area contributed by atoms with Crippen molar-refractivity contribution in [3.05, 3.63) is 7.05 Å². The first-order chi connectivity index (χ1) is 3.91. The van der Waals surface area contributed by atoms with Crippen molar-refractivity contribution in [3.8, 4) is 0 Å². The van der Waals surface area contributed by atoms with Gasteiger partial charge in [-0.25, -0.2) is 0 Å². The van der Waals surface area contributed by atoms with Crippen LogP contribution in [0.1, 0.15) is 0 Å². The van der Waals surface area contributed by atoms with E-state index in [1.54, 1.807) is 0 Å². The lowest BCUT2D eigenvalue weighted by Crippen LogP contribution is -2.26. The average Bonchev–Trinajstić information content (AvgIpc) is 1.81. The fraction of sp³-hybridized carbons (Fsp3) is 0.800. The molecule has 0 aliphatic heterocycles. The molecule has 49 valence electrons. The topological polar surface area (TPSA) is 44.3 Å². The Bertz CT molecular complexity index is 35.4. The van der Waals surface area contributed by atoms with Gasteiger partial charge in [-0.1, -0.05) is 0 Å². The largest absolute Gasteiger partial charge is 0.395 e. The normalized spacial score (nSPS) is 9.75. The Morgan fingerprint density at radius 3 is 2.50 bits per heavy atom. The Morgan fingerprint density at radius 2 is 2.00 bits per heavy atom. The van der Waals surface area contributed by atoms with Gasteiger partial charge >= 0.3 is 0 Å². The summed E-state index contributed by atoms with van der Waals surface area (Å²) in [7, 11) is 3.43. The molecule has 0 spiro atoms. The van der Waals surface area contributed by atoms with E-state index in [2.05, 4.69) is 17.7 Å². The summed E-state index contributed by atoms with van der Waals surface area (Å²) in [5, 5.41) is 14.0. The Hall–Kier alpha value is -0.120. The van der Waals surface area contributed by atoms with E-state index in [1.165, 1.54) is 0 Å². The Balaban J connectivity index is 2.53. The molecule has 0 amide bonds. The van der Waals surface area contributed by atoms with Crippen molar-refractivity contribution >= 4 is 0 Å². The molecule has 0 rings (SSSR count). The van der Waals surface area contributed by atoms with Crippen molar-refractivity contribution in [1.29, 1.82) is 0 Å². The van der Waals surface area contributed by atoms with Crippen LogP contribution in [0.25, 0.3) is 0 Å².